The number of anilines is 2. The lowest BCUT2D eigenvalue weighted by Crippen LogP contribution is -2.30. The fourth-order valence-corrected chi connectivity index (χ4v) is 5.10. The minimum Gasteiger partial charge on any atom is -0.494 e. The predicted octanol–water partition coefficient (Wildman–Crippen LogP) is 6.68. The number of thioether (sulfide) groups is 1. The van der Waals surface area contributed by atoms with Gasteiger partial charge in [0.2, 0.25) is 5.91 Å². The van der Waals surface area contributed by atoms with Crippen LogP contribution >= 0.6 is 23.1 Å². The lowest BCUT2D eigenvalue weighted by atomic mass is 10.2. The van der Waals surface area contributed by atoms with Crippen molar-refractivity contribution in [2.45, 2.75) is 24.0 Å². The van der Waals surface area contributed by atoms with E-state index in [1.807, 2.05) is 61.7 Å². The van der Waals surface area contributed by atoms with Gasteiger partial charge in [-0.05, 0) is 92.0 Å². The molecule has 9 heteroatoms. The van der Waals surface area contributed by atoms with Crippen LogP contribution in [0.25, 0.3) is 6.08 Å². The van der Waals surface area contributed by atoms with Crippen LogP contribution in [0.15, 0.2) is 107 Å². The molecule has 4 rings (SSSR count). The quantitative estimate of drug-likeness (QED) is 0.138. The van der Waals surface area contributed by atoms with Gasteiger partial charge >= 0.3 is 0 Å². The monoisotopic (exact) mass is 571 g/mol. The summed E-state index contributed by atoms with van der Waals surface area (Å²) in [4.78, 5) is 40.2. The van der Waals surface area contributed by atoms with Crippen LogP contribution in [0, 0.1) is 0 Å². The standard InChI is InChI=1S/C31H29N3O4S2/c1-3-38-25-15-11-23(12-16-25)32-29(35)21(2)40-26-17-13-24(14-18-26)33-31(37)28(20-27-10-7-19-39-27)34-30(36)22-8-5-4-6-9-22/h4-21H,3H2,1-2H3,(H,32,35)(H,33,37)(H,34,36)/b28-20-. The van der Waals surface area contributed by atoms with Crippen molar-refractivity contribution in [2.24, 2.45) is 0 Å². The zero-order chi connectivity index (χ0) is 28.3. The SMILES string of the molecule is CCOc1ccc(NC(=O)C(C)Sc2ccc(NC(=O)/C(=C/c3cccs3)NC(=O)c3ccccc3)cc2)cc1. The maximum atomic E-state index is 13.1. The molecule has 0 spiro atoms. The number of hydrogen-bond donors (Lipinski definition) is 3. The lowest BCUT2D eigenvalue weighted by molar-refractivity contribution is -0.115. The summed E-state index contributed by atoms with van der Waals surface area (Å²) in [6.07, 6.45) is 1.65. The number of hydrogen-bond acceptors (Lipinski definition) is 6. The molecule has 0 saturated carbocycles. The van der Waals surface area contributed by atoms with Gasteiger partial charge in [-0.25, -0.2) is 0 Å². The van der Waals surface area contributed by atoms with Crippen LogP contribution in [0.5, 0.6) is 5.75 Å². The second kappa shape index (κ2) is 14.2. The molecule has 4 aromatic rings. The second-order valence-electron chi connectivity index (χ2n) is 8.58. The average molecular weight is 572 g/mol. The van der Waals surface area contributed by atoms with Crippen LogP contribution in [0.3, 0.4) is 0 Å². The van der Waals surface area contributed by atoms with Crippen molar-refractivity contribution in [2.75, 3.05) is 17.2 Å². The molecular formula is C31H29N3O4S2. The number of rotatable bonds is 11. The number of nitrogens with one attached hydrogen (secondary N) is 3. The molecule has 1 unspecified atom stereocenters. The second-order valence-corrected chi connectivity index (χ2v) is 11.0. The van der Waals surface area contributed by atoms with E-state index >= 15 is 0 Å². The third kappa shape index (κ3) is 8.33. The van der Waals surface area contributed by atoms with Gasteiger partial charge in [-0.1, -0.05) is 24.3 Å². The fraction of sp³-hybridized carbons (Fsp3) is 0.129. The lowest BCUT2D eigenvalue weighted by Gasteiger charge is -2.14. The van der Waals surface area contributed by atoms with E-state index in [-0.39, 0.29) is 22.8 Å². The molecule has 0 radical (unpaired) electrons. The van der Waals surface area contributed by atoms with Crippen molar-refractivity contribution < 1.29 is 19.1 Å². The van der Waals surface area contributed by atoms with Gasteiger partial charge in [-0.3, -0.25) is 14.4 Å². The minimum atomic E-state index is -0.443. The minimum absolute atomic E-state index is 0.121. The van der Waals surface area contributed by atoms with Crippen LogP contribution in [0.4, 0.5) is 11.4 Å². The average Bonchev–Trinajstić information content (AvgIpc) is 3.48. The van der Waals surface area contributed by atoms with E-state index in [4.69, 9.17) is 4.74 Å². The highest BCUT2D eigenvalue weighted by Gasteiger charge is 2.17. The van der Waals surface area contributed by atoms with Crippen LogP contribution in [-0.4, -0.2) is 29.6 Å². The Labute approximate surface area is 241 Å². The summed E-state index contributed by atoms with van der Waals surface area (Å²) in [5, 5.41) is 10.0. The maximum absolute atomic E-state index is 13.1. The van der Waals surface area contributed by atoms with Crippen molar-refractivity contribution in [1.29, 1.82) is 0 Å². The summed E-state index contributed by atoms with van der Waals surface area (Å²) in [6, 6.07) is 26.9. The van der Waals surface area contributed by atoms with Crippen LogP contribution in [-0.2, 0) is 9.59 Å². The van der Waals surface area contributed by atoms with Crippen molar-refractivity contribution in [3.8, 4) is 5.75 Å². The van der Waals surface area contributed by atoms with Gasteiger partial charge in [0.25, 0.3) is 11.8 Å². The Kier molecular flexibility index (Phi) is 10.1. The zero-order valence-corrected chi connectivity index (χ0v) is 23.7. The highest BCUT2D eigenvalue weighted by molar-refractivity contribution is 8.00. The van der Waals surface area contributed by atoms with Crippen LogP contribution in [0.2, 0.25) is 0 Å². The Morgan fingerprint density at radius 3 is 2.20 bits per heavy atom. The van der Waals surface area contributed by atoms with E-state index in [0.717, 1.165) is 15.5 Å². The van der Waals surface area contributed by atoms with Crippen molar-refractivity contribution in [3.63, 3.8) is 0 Å². The van der Waals surface area contributed by atoms with E-state index in [1.165, 1.54) is 23.1 Å². The molecule has 0 aliphatic rings. The normalized spacial score (nSPS) is 11.8. The summed E-state index contributed by atoms with van der Waals surface area (Å²) in [5.74, 6) is -0.184. The molecule has 0 aliphatic heterocycles. The summed E-state index contributed by atoms with van der Waals surface area (Å²) >= 11 is 2.87. The zero-order valence-electron chi connectivity index (χ0n) is 22.0. The number of thiophene rings is 1. The maximum Gasteiger partial charge on any atom is 0.272 e. The predicted molar refractivity (Wildman–Crippen MR) is 163 cm³/mol. The van der Waals surface area contributed by atoms with Gasteiger partial charge < -0.3 is 20.7 Å². The van der Waals surface area contributed by atoms with E-state index < -0.39 is 5.91 Å². The number of carbonyl (C=O) groups is 3. The molecule has 0 saturated heterocycles. The van der Waals surface area contributed by atoms with Gasteiger partial charge in [-0.15, -0.1) is 23.1 Å². The Balaban J connectivity index is 1.36. The first-order chi connectivity index (χ1) is 19.4. The smallest absolute Gasteiger partial charge is 0.272 e. The molecule has 1 aromatic heterocycles. The topological polar surface area (TPSA) is 96.5 Å². The molecule has 0 bridgehead atoms. The van der Waals surface area contributed by atoms with E-state index in [9.17, 15) is 14.4 Å². The van der Waals surface area contributed by atoms with Crippen molar-refractivity contribution in [3.05, 3.63) is 113 Å². The number of ether oxygens (including phenoxy) is 1. The number of benzene rings is 3. The molecular weight excluding hydrogens is 542 g/mol. The van der Waals surface area contributed by atoms with E-state index in [2.05, 4.69) is 16.0 Å². The molecule has 3 aromatic carbocycles. The Morgan fingerprint density at radius 1 is 0.875 bits per heavy atom. The highest BCUT2D eigenvalue weighted by Crippen LogP contribution is 2.26. The number of carbonyl (C=O) groups excluding carboxylic acids is 3. The van der Waals surface area contributed by atoms with E-state index in [1.54, 1.807) is 54.6 Å². The van der Waals surface area contributed by atoms with Gasteiger partial charge in [0.15, 0.2) is 0 Å². The first kappa shape index (κ1) is 28.7. The van der Waals surface area contributed by atoms with Crippen LogP contribution in [0.1, 0.15) is 29.1 Å². The molecule has 0 aliphatic carbocycles. The van der Waals surface area contributed by atoms with E-state index in [0.29, 0.717) is 23.5 Å². The van der Waals surface area contributed by atoms with Crippen molar-refractivity contribution in [1.82, 2.24) is 5.32 Å². The van der Waals surface area contributed by atoms with Gasteiger partial charge in [0.1, 0.15) is 11.4 Å². The summed E-state index contributed by atoms with van der Waals surface area (Å²) < 4.78 is 5.43. The Hall–Kier alpha value is -4.34. The van der Waals surface area contributed by atoms with Gasteiger partial charge in [0, 0.05) is 26.7 Å². The molecule has 3 N–H and O–H groups in total. The van der Waals surface area contributed by atoms with Crippen LogP contribution < -0.4 is 20.7 Å². The Bertz CT molecular complexity index is 1450. The molecule has 204 valence electrons. The van der Waals surface area contributed by atoms with Crippen molar-refractivity contribution >= 4 is 58.3 Å². The first-order valence-corrected chi connectivity index (χ1v) is 14.4. The highest BCUT2D eigenvalue weighted by atomic mass is 32.2. The summed E-state index contributed by atoms with van der Waals surface area (Å²) in [5.41, 5.74) is 1.85. The van der Waals surface area contributed by atoms with Gasteiger partial charge in [0.05, 0.1) is 11.9 Å². The fourth-order valence-electron chi connectivity index (χ4n) is 3.58. The molecule has 1 heterocycles. The van der Waals surface area contributed by atoms with Gasteiger partial charge in [-0.2, -0.15) is 0 Å². The third-order valence-corrected chi connectivity index (χ3v) is 7.52. The molecule has 7 nitrogen and oxygen atoms in total. The molecule has 40 heavy (non-hydrogen) atoms. The third-order valence-electron chi connectivity index (χ3n) is 5.59. The largest absolute Gasteiger partial charge is 0.494 e. The molecule has 0 fully saturated rings. The first-order valence-electron chi connectivity index (χ1n) is 12.6. The summed E-state index contributed by atoms with van der Waals surface area (Å²) in [7, 11) is 0. The summed E-state index contributed by atoms with van der Waals surface area (Å²) in [6.45, 7) is 4.34. The number of amides is 3. The molecule has 1 atom stereocenters. The molecule has 3 amide bonds. The Morgan fingerprint density at radius 2 is 1.55 bits per heavy atom.